The lowest BCUT2D eigenvalue weighted by Crippen LogP contribution is -1.99. The van der Waals surface area contributed by atoms with Gasteiger partial charge >= 0.3 is 0 Å². The Morgan fingerprint density at radius 2 is 1.76 bits per heavy atom. The summed E-state index contributed by atoms with van der Waals surface area (Å²) in [5.74, 6) is 0.423. The first-order chi connectivity index (χ1) is 12.1. The number of nitrogens with zero attached hydrogens (tertiary/aromatic N) is 2. The highest BCUT2D eigenvalue weighted by molar-refractivity contribution is 8.00. The van der Waals surface area contributed by atoms with Crippen molar-refractivity contribution in [3.05, 3.63) is 70.4 Å². The molecule has 0 fully saturated rings. The van der Waals surface area contributed by atoms with Crippen molar-refractivity contribution < 1.29 is 4.79 Å². The molecule has 0 radical (unpaired) electrons. The maximum atomic E-state index is 10.9. The van der Waals surface area contributed by atoms with Crippen molar-refractivity contribution in [3.8, 4) is 11.3 Å². The second-order valence-corrected chi connectivity index (χ2v) is 6.83. The van der Waals surface area contributed by atoms with Crippen LogP contribution in [0.15, 0.2) is 53.4 Å². The Balaban J connectivity index is 1.88. The first-order valence-corrected chi connectivity index (χ1v) is 8.85. The van der Waals surface area contributed by atoms with Gasteiger partial charge in [-0.15, -0.1) is 0 Å². The topological polar surface area (TPSA) is 54.9 Å². The maximum absolute atomic E-state index is 10.9. The van der Waals surface area contributed by atoms with Crippen molar-refractivity contribution in [2.45, 2.75) is 18.7 Å². The SMILES string of the molecule is Cc1cccc(C)c1-c1cc(Cl)nc(NSc2cccc(C=O)c2)n1. The van der Waals surface area contributed by atoms with Gasteiger partial charge in [0.25, 0.3) is 0 Å². The number of carbonyl (C=O) groups is 1. The van der Waals surface area contributed by atoms with E-state index in [1.165, 1.54) is 11.9 Å². The average molecular weight is 370 g/mol. The number of aryl methyl sites for hydroxylation is 2. The molecule has 25 heavy (non-hydrogen) atoms. The summed E-state index contributed by atoms with van der Waals surface area (Å²) in [6, 6.07) is 15.2. The van der Waals surface area contributed by atoms with Crippen molar-refractivity contribution in [2.24, 2.45) is 0 Å². The van der Waals surface area contributed by atoms with Crippen LogP contribution in [0.1, 0.15) is 21.5 Å². The Morgan fingerprint density at radius 1 is 1.04 bits per heavy atom. The molecule has 0 aliphatic carbocycles. The predicted molar refractivity (Wildman–Crippen MR) is 103 cm³/mol. The van der Waals surface area contributed by atoms with Gasteiger partial charge in [-0.3, -0.25) is 9.52 Å². The van der Waals surface area contributed by atoms with Crippen molar-refractivity contribution in [1.82, 2.24) is 9.97 Å². The van der Waals surface area contributed by atoms with E-state index in [1.807, 2.05) is 44.2 Å². The molecule has 3 aromatic rings. The van der Waals surface area contributed by atoms with Gasteiger partial charge in [0, 0.05) is 22.1 Å². The second kappa shape index (κ2) is 7.68. The molecule has 1 heterocycles. The fourth-order valence-corrected chi connectivity index (χ4v) is 3.39. The predicted octanol–water partition coefficient (Wildman–Crippen LogP) is 5.35. The molecule has 0 saturated carbocycles. The standard InChI is InChI=1S/C19H16ClN3OS/c1-12-5-3-6-13(2)18(12)16-10-17(20)22-19(21-16)23-25-15-8-4-7-14(9-15)11-24/h3-11H,1-2H3,(H,21,22,23). The van der Waals surface area contributed by atoms with Crippen LogP contribution in [0.4, 0.5) is 5.95 Å². The molecule has 2 aromatic carbocycles. The van der Waals surface area contributed by atoms with E-state index in [4.69, 9.17) is 11.6 Å². The van der Waals surface area contributed by atoms with E-state index in [1.54, 1.807) is 18.2 Å². The molecule has 0 unspecified atom stereocenters. The number of carbonyl (C=O) groups excluding carboxylic acids is 1. The summed E-state index contributed by atoms with van der Waals surface area (Å²) in [6.45, 7) is 4.09. The quantitative estimate of drug-likeness (QED) is 0.373. The highest BCUT2D eigenvalue weighted by Gasteiger charge is 2.10. The van der Waals surface area contributed by atoms with Crippen molar-refractivity contribution >= 4 is 35.8 Å². The number of rotatable bonds is 5. The largest absolute Gasteiger partial charge is 0.298 e. The molecule has 0 aliphatic rings. The summed E-state index contributed by atoms with van der Waals surface area (Å²) in [6.07, 6.45) is 0.818. The van der Waals surface area contributed by atoms with Crippen LogP contribution in [0.5, 0.6) is 0 Å². The Kier molecular flexibility index (Phi) is 5.36. The van der Waals surface area contributed by atoms with Crippen LogP contribution in [-0.4, -0.2) is 16.3 Å². The van der Waals surface area contributed by atoms with E-state index in [0.29, 0.717) is 16.7 Å². The van der Waals surface area contributed by atoms with Crippen molar-refractivity contribution in [3.63, 3.8) is 0 Å². The molecule has 0 amide bonds. The molecule has 0 bridgehead atoms. The third kappa shape index (κ3) is 4.18. The molecule has 3 rings (SSSR count). The van der Waals surface area contributed by atoms with E-state index in [-0.39, 0.29) is 0 Å². The molecular weight excluding hydrogens is 354 g/mol. The van der Waals surface area contributed by atoms with Gasteiger partial charge in [0.1, 0.15) is 11.4 Å². The molecule has 6 heteroatoms. The third-order valence-corrected chi connectivity index (χ3v) is 4.65. The summed E-state index contributed by atoms with van der Waals surface area (Å²) in [5.41, 5.74) is 4.72. The highest BCUT2D eigenvalue weighted by atomic mass is 35.5. The number of aromatic nitrogens is 2. The minimum absolute atomic E-state index is 0.373. The number of halogens is 1. The minimum Gasteiger partial charge on any atom is -0.298 e. The van der Waals surface area contributed by atoms with Crippen LogP contribution in [0.25, 0.3) is 11.3 Å². The van der Waals surface area contributed by atoms with E-state index in [9.17, 15) is 4.79 Å². The van der Waals surface area contributed by atoms with Crippen LogP contribution in [0.3, 0.4) is 0 Å². The fraction of sp³-hybridized carbons (Fsp3) is 0.105. The number of anilines is 1. The van der Waals surface area contributed by atoms with Crippen LogP contribution in [0, 0.1) is 13.8 Å². The summed E-state index contributed by atoms with van der Waals surface area (Å²) >= 11 is 7.52. The smallest absolute Gasteiger partial charge is 0.235 e. The Morgan fingerprint density at radius 3 is 2.48 bits per heavy atom. The molecule has 1 N–H and O–H groups in total. The lowest BCUT2D eigenvalue weighted by atomic mass is 10.00. The van der Waals surface area contributed by atoms with Gasteiger partial charge in [0.2, 0.25) is 5.95 Å². The molecule has 126 valence electrons. The van der Waals surface area contributed by atoms with Crippen LogP contribution in [-0.2, 0) is 0 Å². The molecule has 1 aromatic heterocycles. The number of aldehydes is 1. The number of hydrogen-bond acceptors (Lipinski definition) is 5. The second-order valence-electron chi connectivity index (χ2n) is 5.56. The number of benzene rings is 2. The minimum atomic E-state index is 0.373. The van der Waals surface area contributed by atoms with Gasteiger partial charge in [-0.25, -0.2) is 9.97 Å². The molecule has 0 saturated heterocycles. The van der Waals surface area contributed by atoms with Crippen molar-refractivity contribution in [1.29, 1.82) is 0 Å². The third-order valence-electron chi connectivity index (χ3n) is 3.69. The van der Waals surface area contributed by atoms with Crippen LogP contribution < -0.4 is 4.72 Å². The van der Waals surface area contributed by atoms with Gasteiger partial charge in [-0.1, -0.05) is 41.9 Å². The highest BCUT2D eigenvalue weighted by Crippen LogP contribution is 2.29. The van der Waals surface area contributed by atoms with Gasteiger partial charge in [-0.05, 0) is 49.1 Å². The Labute approximate surface area is 155 Å². The van der Waals surface area contributed by atoms with E-state index in [2.05, 4.69) is 14.7 Å². The zero-order valence-electron chi connectivity index (χ0n) is 13.8. The van der Waals surface area contributed by atoms with Gasteiger partial charge < -0.3 is 0 Å². The zero-order valence-corrected chi connectivity index (χ0v) is 15.4. The van der Waals surface area contributed by atoms with Gasteiger partial charge in [0.05, 0.1) is 5.69 Å². The monoisotopic (exact) mass is 369 g/mol. The number of nitrogens with one attached hydrogen (secondary N) is 1. The summed E-state index contributed by atoms with van der Waals surface area (Å²) in [5, 5.41) is 0.373. The van der Waals surface area contributed by atoms with E-state index in [0.717, 1.165) is 33.6 Å². The van der Waals surface area contributed by atoms with Crippen molar-refractivity contribution in [2.75, 3.05) is 4.72 Å². The first kappa shape index (κ1) is 17.5. The Hall–Kier alpha value is -2.37. The summed E-state index contributed by atoms with van der Waals surface area (Å²) in [4.78, 5) is 20.6. The van der Waals surface area contributed by atoms with E-state index >= 15 is 0 Å². The van der Waals surface area contributed by atoms with Gasteiger partial charge in [-0.2, -0.15) is 0 Å². The van der Waals surface area contributed by atoms with E-state index < -0.39 is 0 Å². The average Bonchev–Trinajstić information content (AvgIpc) is 2.60. The maximum Gasteiger partial charge on any atom is 0.235 e. The van der Waals surface area contributed by atoms with Gasteiger partial charge in [0.15, 0.2) is 0 Å². The molecule has 4 nitrogen and oxygen atoms in total. The summed E-state index contributed by atoms with van der Waals surface area (Å²) in [7, 11) is 0. The zero-order chi connectivity index (χ0) is 17.8. The molecule has 0 spiro atoms. The molecule has 0 atom stereocenters. The lowest BCUT2D eigenvalue weighted by Gasteiger charge is -2.11. The molecular formula is C19H16ClN3OS. The summed E-state index contributed by atoms with van der Waals surface area (Å²) < 4.78 is 3.10. The lowest BCUT2D eigenvalue weighted by molar-refractivity contribution is 0.112. The fourth-order valence-electron chi connectivity index (χ4n) is 2.57. The van der Waals surface area contributed by atoms with Crippen LogP contribution >= 0.6 is 23.5 Å². The molecule has 0 aliphatic heterocycles. The normalized spacial score (nSPS) is 10.5. The Bertz CT molecular complexity index is 910. The number of hydrogen-bond donors (Lipinski definition) is 1. The first-order valence-electron chi connectivity index (χ1n) is 7.66. The van der Waals surface area contributed by atoms with Crippen LogP contribution in [0.2, 0.25) is 5.15 Å².